The van der Waals surface area contributed by atoms with Gasteiger partial charge >= 0.3 is 0 Å². The summed E-state index contributed by atoms with van der Waals surface area (Å²) in [5.41, 5.74) is 0.416. The molecule has 0 saturated heterocycles. The molecule has 0 fully saturated rings. The van der Waals surface area contributed by atoms with Crippen molar-refractivity contribution in [3.63, 3.8) is 0 Å². The zero-order chi connectivity index (χ0) is 12.7. The molecule has 0 atom stereocenters. The molecule has 0 aliphatic heterocycles. The zero-order valence-electron chi connectivity index (χ0n) is 9.86. The van der Waals surface area contributed by atoms with Crippen molar-refractivity contribution in [2.75, 3.05) is 20.3 Å². The molecular formula is C12H15NO4. The number of hydrogen-bond donors (Lipinski definition) is 1. The van der Waals surface area contributed by atoms with Gasteiger partial charge in [-0.25, -0.2) is 0 Å². The van der Waals surface area contributed by atoms with Crippen LogP contribution in [0.5, 0.6) is 5.75 Å². The minimum absolute atomic E-state index is 0.379. The Hall–Kier alpha value is -1.88. The first-order valence-electron chi connectivity index (χ1n) is 5.17. The second-order valence-corrected chi connectivity index (χ2v) is 3.38. The van der Waals surface area contributed by atoms with Gasteiger partial charge in [-0.05, 0) is 24.3 Å². The minimum Gasteiger partial charge on any atom is -0.491 e. The molecular weight excluding hydrogens is 222 g/mol. The van der Waals surface area contributed by atoms with E-state index < -0.39 is 5.91 Å². The van der Waals surface area contributed by atoms with E-state index in [0.29, 0.717) is 24.5 Å². The maximum atomic E-state index is 11.4. The number of amides is 2. The van der Waals surface area contributed by atoms with Crippen LogP contribution in [-0.2, 0) is 9.53 Å². The van der Waals surface area contributed by atoms with E-state index in [4.69, 9.17) is 9.47 Å². The highest BCUT2D eigenvalue weighted by atomic mass is 16.5. The summed E-state index contributed by atoms with van der Waals surface area (Å²) < 4.78 is 10.2. The monoisotopic (exact) mass is 237 g/mol. The minimum atomic E-state index is -0.416. The van der Waals surface area contributed by atoms with Gasteiger partial charge in [-0.15, -0.1) is 0 Å². The molecule has 0 bridgehead atoms. The van der Waals surface area contributed by atoms with E-state index in [0.717, 1.165) is 0 Å². The van der Waals surface area contributed by atoms with Gasteiger partial charge in [0.05, 0.1) is 6.61 Å². The third-order valence-corrected chi connectivity index (χ3v) is 1.96. The lowest BCUT2D eigenvalue weighted by Crippen LogP contribution is -2.27. The quantitative estimate of drug-likeness (QED) is 0.775. The Kier molecular flexibility index (Phi) is 5.16. The van der Waals surface area contributed by atoms with Crippen LogP contribution in [0.25, 0.3) is 0 Å². The molecule has 5 heteroatoms. The van der Waals surface area contributed by atoms with Crippen molar-refractivity contribution in [2.45, 2.75) is 6.92 Å². The lowest BCUT2D eigenvalue weighted by Gasteiger charge is -2.06. The molecule has 0 unspecified atom stereocenters. The van der Waals surface area contributed by atoms with Gasteiger partial charge in [0.1, 0.15) is 12.4 Å². The second kappa shape index (κ2) is 6.65. The molecule has 2 amide bonds. The summed E-state index contributed by atoms with van der Waals surface area (Å²) in [5, 5.41) is 2.19. The smallest absolute Gasteiger partial charge is 0.257 e. The van der Waals surface area contributed by atoms with E-state index in [1.807, 2.05) is 0 Å². The second-order valence-electron chi connectivity index (χ2n) is 3.38. The summed E-state index contributed by atoms with van der Waals surface area (Å²) in [6.45, 7) is 2.25. The number of methoxy groups -OCH3 is 1. The molecule has 1 aromatic rings. The first kappa shape index (κ1) is 13.2. The Bertz CT molecular complexity index is 386. The molecule has 5 nitrogen and oxygen atoms in total. The Morgan fingerprint density at radius 1 is 1.18 bits per heavy atom. The normalized spacial score (nSPS) is 9.76. The highest BCUT2D eigenvalue weighted by Crippen LogP contribution is 2.11. The molecule has 0 saturated carbocycles. The van der Waals surface area contributed by atoms with Crippen LogP contribution in [0.15, 0.2) is 24.3 Å². The van der Waals surface area contributed by atoms with Crippen molar-refractivity contribution in [3.05, 3.63) is 29.8 Å². The third-order valence-electron chi connectivity index (χ3n) is 1.96. The van der Waals surface area contributed by atoms with E-state index in [1.54, 1.807) is 31.4 Å². The number of carbonyl (C=O) groups excluding carboxylic acids is 2. The highest BCUT2D eigenvalue weighted by molar-refractivity contribution is 6.04. The molecule has 0 spiro atoms. The van der Waals surface area contributed by atoms with Crippen LogP contribution < -0.4 is 10.1 Å². The average Bonchev–Trinajstić information content (AvgIpc) is 2.29. The Balaban J connectivity index is 2.55. The molecule has 0 aliphatic rings. The van der Waals surface area contributed by atoms with Gasteiger partial charge < -0.3 is 9.47 Å². The molecule has 17 heavy (non-hydrogen) atoms. The number of nitrogens with one attached hydrogen (secondary N) is 1. The predicted molar refractivity (Wildman–Crippen MR) is 62.0 cm³/mol. The number of benzene rings is 1. The Labute approximate surface area is 99.7 Å². The summed E-state index contributed by atoms with van der Waals surface area (Å²) in [5.74, 6) is -0.141. The van der Waals surface area contributed by atoms with Gasteiger partial charge in [-0.3, -0.25) is 14.9 Å². The maximum absolute atomic E-state index is 11.4. The van der Waals surface area contributed by atoms with Crippen molar-refractivity contribution < 1.29 is 19.1 Å². The summed E-state index contributed by atoms with van der Waals surface area (Å²) in [7, 11) is 1.60. The molecule has 1 N–H and O–H groups in total. The number of rotatable bonds is 5. The maximum Gasteiger partial charge on any atom is 0.257 e. The molecule has 1 rings (SSSR count). The van der Waals surface area contributed by atoms with Gasteiger partial charge in [0.25, 0.3) is 5.91 Å². The topological polar surface area (TPSA) is 64.6 Å². The first-order valence-corrected chi connectivity index (χ1v) is 5.17. The molecule has 92 valence electrons. The standard InChI is InChI=1S/C12H15NO4/c1-9(14)13-12(15)10-3-5-11(6-4-10)17-8-7-16-2/h3-6H,7-8H2,1-2H3,(H,13,14,15). The van der Waals surface area contributed by atoms with Crippen molar-refractivity contribution in [2.24, 2.45) is 0 Å². The van der Waals surface area contributed by atoms with Crippen LogP contribution in [0.2, 0.25) is 0 Å². The van der Waals surface area contributed by atoms with Gasteiger partial charge in [0.2, 0.25) is 5.91 Å². The van der Waals surface area contributed by atoms with Crippen LogP contribution in [0.4, 0.5) is 0 Å². The van der Waals surface area contributed by atoms with E-state index >= 15 is 0 Å². The van der Waals surface area contributed by atoms with E-state index in [-0.39, 0.29) is 5.91 Å². The largest absolute Gasteiger partial charge is 0.491 e. The van der Waals surface area contributed by atoms with Gasteiger partial charge in [0, 0.05) is 19.6 Å². The average molecular weight is 237 g/mol. The van der Waals surface area contributed by atoms with Crippen molar-refractivity contribution in [1.82, 2.24) is 5.32 Å². The lowest BCUT2D eigenvalue weighted by atomic mass is 10.2. The summed E-state index contributed by atoms with van der Waals surface area (Å²) in [4.78, 5) is 22.1. The van der Waals surface area contributed by atoms with Crippen LogP contribution in [0, 0.1) is 0 Å². The third kappa shape index (κ3) is 4.65. The van der Waals surface area contributed by atoms with Gasteiger partial charge in [0.15, 0.2) is 0 Å². The van der Waals surface area contributed by atoms with Crippen LogP contribution in [-0.4, -0.2) is 32.1 Å². The lowest BCUT2D eigenvalue weighted by molar-refractivity contribution is -0.118. The van der Waals surface area contributed by atoms with Crippen molar-refractivity contribution in [3.8, 4) is 5.75 Å². The number of imide groups is 1. The van der Waals surface area contributed by atoms with Crippen LogP contribution in [0.1, 0.15) is 17.3 Å². The fraction of sp³-hybridized carbons (Fsp3) is 0.333. The Morgan fingerprint density at radius 2 is 1.82 bits per heavy atom. The van der Waals surface area contributed by atoms with Crippen LogP contribution >= 0.6 is 0 Å². The molecule has 0 radical (unpaired) electrons. The summed E-state index contributed by atoms with van der Waals surface area (Å²) >= 11 is 0. The van der Waals surface area contributed by atoms with E-state index in [2.05, 4.69) is 5.32 Å². The zero-order valence-corrected chi connectivity index (χ0v) is 9.86. The number of carbonyl (C=O) groups is 2. The number of ether oxygens (including phenoxy) is 2. The highest BCUT2D eigenvalue weighted by Gasteiger charge is 2.06. The molecule has 0 heterocycles. The summed E-state index contributed by atoms with van der Waals surface area (Å²) in [6, 6.07) is 6.54. The summed E-state index contributed by atoms with van der Waals surface area (Å²) in [6.07, 6.45) is 0. The van der Waals surface area contributed by atoms with Crippen molar-refractivity contribution in [1.29, 1.82) is 0 Å². The Morgan fingerprint density at radius 3 is 2.35 bits per heavy atom. The first-order chi connectivity index (χ1) is 8.13. The fourth-order valence-electron chi connectivity index (χ4n) is 1.18. The van der Waals surface area contributed by atoms with Gasteiger partial charge in [-0.1, -0.05) is 0 Å². The molecule has 0 aliphatic carbocycles. The van der Waals surface area contributed by atoms with Crippen LogP contribution in [0.3, 0.4) is 0 Å². The van der Waals surface area contributed by atoms with Gasteiger partial charge in [-0.2, -0.15) is 0 Å². The molecule has 0 aromatic heterocycles. The predicted octanol–water partition coefficient (Wildman–Crippen LogP) is 0.988. The van der Waals surface area contributed by atoms with Crippen molar-refractivity contribution >= 4 is 11.8 Å². The van der Waals surface area contributed by atoms with E-state index in [9.17, 15) is 9.59 Å². The molecule has 1 aromatic carbocycles. The fourth-order valence-corrected chi connectivity index (χ4v) is 1.18. The number of hydrogen-bond acceptors (Lipinski definition) is 4. The SMILES string of the molecule is COCCOc1ccc(C(=O)NC(C)=O)cc1. The van der Waals surface area contributed by atoms with E-state index in [1.165, 1.54) is 6.92 Å².